The zero-order valence-electron chi connectivity index (χ0n) is 17.5. The molecule has 0 unspecified atom stereocenters. The van der Waals surface area contributed by atoms with E-state index in [2.05, 4.69) is 43.0 Å². The number of imide groups is 1. The smallest absolute Gasteiger partial charge is 0.234 e. The summed E-state index contributed by atoms with van der Waals surface area (Å²) in [5.41, 5.74) is 2.55. The van der Waals surface area contributed by atoms with Gasteiger partial charge in [0.05, 0.1) is 11.8 Å². The molecule has 3 aliphatic heterocycles. The fourth-order valence-electron chi connectivity index (χ4n) is 4.87. The average Bonchev–Trinajstić information content (AvgIpc) is 3.35. The summed E-state index contributed by atoms with van der Waals surface area (Å²) < 4.78 is 0. The molecule has 1 aromatic rings. The van der Waals surface area contributed by atoms with Gasteiger partial charge in [-0.25, -0.2) is 0 Å². The quantitative estimate of drug-likeness (QED) is 0.662. The van der Waals surface area contributed by atoms with Gasteiger partial charge in [-0.1, -0.05) is 38.1 Å². The van der Waals surface area contributed by atoms with Crippen LogP contribution in [0.1, 0.15) is 50.2 Å². The number of likely N-dealkylation sites (tertiary alicyclic amines) is 3. The number of amides is 3. The first-order valence-corrected chi connectivity index (χ1v) is 10.9. The maximum Gasteiger partial charge on any atom is 0.234 e. The number of nitrogens with zero attached hydrogens (tertiary/aromatic N) is 3. The third-order valence-electron chi connectivity index (χ3n) is 6.60. The molecule has 2 atom stereocenters. The molecule has 0 N–H and O–H groups in total. The van der Waals surface area contributed by atoms with Crippen LogP contribution in [0.2, 0.25) is 0 Å². The van der Waals surface area contributed by atoms with Gasteiger partial charge >= 0.3 is 0 Å². The molecule has 1 aromatic carbocycles. The van der Waals surface area contributed by atoms with Crippen molar-refractivity contribution in [2.75, 3.05) is 32.7 Å². The Labute approximate surface area is 172 Å². The molecule has 6 nitrogen and oxygen atoms in total. The largest absolute Gasteiger partial charge is 0.343 e. The fourth-order valence-corrected chi connectivity index (χ4v) is 4.87. The van der Waals surface area contributed by atoms with Crippen molar-refractivity contribution in [1.29, 1.82) is 0 Å². The number of rotatable bonds is 7. The Balaban J connectivity index is 1.29. The molecule has 156 valence electrons. The summed E-state index contributed by atoms with van der Waals surface area (Å²) in [6.45, 7) is 8.34. The van der Waals surface area contributed by atoms with Gasteiger partial charge in [-0.2, -0.15) is 0 Å². The maximum atomic E-state index is 12.8. The van der Waals surface area contributed by atoms with E-state index in [9.17, 15) is 14.4 Å². The molecule has 3 amide bonds. The third-order valence-corrected chi connectivity index (χ3v) is 6.60. The van der Waals surface area contributed by atoms with E-state index in [1.165, 1.54) is 16.0 Å². The van der Waals surface area contributed by atoms with Crippen molar-refractivity contribution in [2.24, 2.45) is 11.8 Å². The second-order valence-corrected chi connectivity index (χ2v) is 8.97. The minimum Gasteiger partial charge on any atom is -0.343 e. The van der Waals surface area contributed by atoms with Crippen LogP contribution in [0.15, 0.2) is 24.3 Å². The maximum absolute atomic E-state index is 12.8. The van der Waals surface area contributed by atoms with Gasteiger partial charge in [0, 0.05) is 45.7 Å². The molecule has 6 heteroatoms. The lowest BCUT2D eigenvalue weighted by atomic mass is 10.00. The molecule has 0 saturated carbocycles. The minimum atomic E-state index is -0.203. The Hall–Kier alpha value is -2.21. The second kappa shape index (κ2) is 8.27. The standard InChI is InChI=1S/C23H31N3O3/c1-16(2)18-8-6-17(7-9-18)13-24-14-19-20(15-24)23(29)26(22(19)28)12-4-11-25-10-3-5-21(25)27/h6-9,16,19-20H,3-5,10-15H2,1-2H3/t19-,20+. The predicted molar refractivity (Wildman–Crippen MR) is 110 cm³/mol. The van der Waals surface area contributed by atoms with Gasteiger partial charge in [-0.05, 0) is 29.9 Å². The summed E-state index contributed by atoms with van der Waals surface area (Å²) in [6.07, 6.45) is 2.22. The number of hydrogen-bond acceptors (Lipinski definition) is 4. The minimum absolute atomic E-state index is 0.0228. The predicted octanol–water partition coefficient (Wildman–Crippen LogP) is 2.24. The summed E-state index contributed by atoms with van der Waals surface area (Å²) in [5, 5.41) is 0. The first-order chi connectivity index (χ1) is 13.9. The summed E-state index contributed by atoms with van der Waals surface area (Å²) in [7, 11) is 0. The van der Waals surface area contributed by atoms with Crippen LogP contribution in [0.4, 0.5) is 0 Å². The van der Waals surface area contributed by atoms with Crippen LogP contribution >= 0.6 is 0 Å². The highest BCUT2D eigenvalue weighted by molar-refractivity contribution is 6.05. The van der Waals surface area contributed by atoms with Gasteiger partial charge in [-0.15, -0.1) is 0 Å². The van der Waals surface area contributed by atoms with Crippen LogP contribution in [0.3, 0.4) is 0 Å². The lowest BCUT2D eigenvalue weighted by molar-refractivity contribution is -0.140. The Morgan fingerprint density at radius 2 is 1.62 bits per heavy atom. The van der Waals surface area contributed by atoms with Crippen molar-refractivity contribution in [2.45, 2.75) is 45.6 Å². The van der Waals surface area contributed by atoms with E-state index >= 15 is 0 Å². The van der Waals surface area contributed by atoms with Crippen molar-refractivity contribution in [1.82, 2.24) is 14.7 Å². The first kappa shape index (κ1) is 20.1. The summed E-state index contributed by atoms with van der Waals surface area (Å²) >= 11 is 0. The van der Waals surface area contributed by atoms with E-state index in [-0.39, 0.29) is 29.6 Å². The van der Waals surface area contributed by atoms with Crippen LogP contribution < -0.4 is 0 Å². The summed E-state index contributed by atoms with van der Waals surface area (Å²) in [6, 6.07) is 8.64. The lowest BCUT2D eigenvalue weighted by Crippen LogP contribution is -2.38. The molecular formula is C23H31N3O3. The average molecular weight is 398 g/mol. The van der Waals surface area contributed by atoms with Crippen LogP contribution in [-0.4, -0.2) is 65.1 Å². The number of hydrogen-bond donors (Lipinski definition) is 0. The highest BCUT2D eigenvalue weighted by atomic mass is 16.2. The van der Waals surface area contributed by atoms with E-state index in [1.807, 2.05) is 4.90 Å². The Morgan fingerprint density at radius 3 is 2.17 bits per heavy atom. The zero-order chi connectivity index (χ0) is 20.5. The van der Waals surface area contributed by atoms with Crippen LogP contribution in [-0.2, 0) is 20.9 Å². The molecule has 0 radical (unpaired) electrons. The Kier molecular flexibility index (Phi) is 5.72. The Bertz CT molecular complexity index is 765. The SMILES string of the molecule is CC(C)c1ccc(CN2C[C@@H]3C(=O)N(CCCN4CCCC4=O)C(=O)[C@@H]3C2)cc1. The van der Waals surface area contributed by atoms with Gasteiger partial charge in [-0.3, -0.25) is 24.2 Å². The first-order valence-electron chi connectivity index (χ1n) is 10.9. The van der Waals surface area contributed by atoms with Gasteiger partial charge in [0.25, 0.3) is 0 Å². The van der Waals surface area contributed by atoms with Gasteiger partial charge in [0.2, 0.25) is 17.7 Å². The van der Waals surface area contributed by atoms with E-state index in [0.717, 1.165) is 19.5 Å². The van der Waals surface area contributed by atoms with Crippen molar-refractivity contribution in [3.8, 4) is 0 Å². The molecule has 0 aromatic heterocycles. The number of carbonyl (C=O) groups is 3. The van der Waals surface area contributed by atoms with Crippen molar-refractivity contribution < 1.29 is 14.4 Å². The molecule has 3 heterocycles. The van der Waals surface area contributed by atoms with Gasteiger partial charge in [0.1, 0.15) is 0 Å². The molecule has 0 bridgehead atoms. The topological polar surface area (TPSA) is 60.9 Å². The van der Waals surface area contributed by atoms with Crippen molar-refractivity contribution in [3.05, 3.63) is 35.4 Å². The normalized spacial score (nSPS) is 25.0. The molecule has 0 aliphatic carbocycles. The second-order valence-electron chi connectivity index (χ2n) is 8.97. The molecule has 0 spiro atoms. The monoisotopic (exact) mass is 397 g/mol. The van der Waals surface area contributed by atoms with E-state index in [4.69, 9.17) is 0 Å². The van der Waals surface area contributed by atoms with Crippen LogP contribution in [0.5, 0.6) is 0 Å². The molecule has 4 rings (SSSR count). The molecule has 3 saturated heterocycles. The van der Waals surface area contributed by atoms with E-state index < -0.39 is 0 Å². The van der Waals surface area contributed by atoms with Crippen molar-refractivity contribution in [3.63, 3.8) is 0 Å². The zero-order valence-corrected chi connectivity index (χ0v) is 17.5. The third kappa shape index (κ3) is 4.08. The molecular weight excluding hydrogens is 366 g/mol. The van der Waals surface area contributed by atoms with Gasteiger partial charge < -0.3 is 4.90 Å². The fraction of sp³-hybridized carbons (Fsp3) is 0.609. The number of benzene rings is 1. The number of fused-ring (bicyclic) bond motifs is 1. The van der Waals surface area contributed by atoms with Gasteiger partial charge in [0.15, 0.2) is 0 Å². The van der Waals surface area contributed by atoms with Crippen LogP contribution in [0.25, 0.3) is 0 Å². The highest BCUT2D eigenvalue weighted by Crippen LogP contribution is 2.34. The number of carbonyl (C=O) groups excluding carboxylic acids is 3. The molecule has 3 aliphatic rings. The molecule has 3 fully saturated rings. The highest BCUT2D eigenvalue weighted by Gasteiger charge is 2.51. The summed E-state index contributed by atoms with van der Waals surface area (Å²) in [4.78, 5) is 42.8. The van der Waals surface area contributed by atoms with Crippen LogP contribution in [0, 0.1) is 11.8 Å². The summed E-state index contributed by atoms with van der Waals surface area (Å²) in [5.74, 6) is 0.255. The van der Waals surface area contributed by atoms with E-state index in [1.54, 1.807) is 0 Å². The lowest BCUT2D eigenvalue weighted by Gasteiger charge is -2.22. The Morgan fingerprint density at radius 1 is 0.966 bits per heavy atom. The molecule has 29 heavy (non-hydrogen) atoms. The van der Waals surface area contributed by atoms with Crippen molar-refractivity contribution >= 4 is 17.7 Å². The van der Waals surface area contributed by atoms with E-state index in [0.29, 0.717) is 44.9 Å².